The maximum atomic E-state index is 11.3. The van der Waals surface area contributed by atoms with Crippen LogP contribution < -0.4 is 0 Å². The van der Waals surface area contributed by atoms with Crippen LogP contribution in [0.15, 0.2) is 24.3 Å². The maximum Gasteiger partial charge on any atom is 0.253 e. The van der Waals surface area contributed by atoms with Crippen molar-refractivity contribution >= 4 is 23.6 Å². The van der Waals surface area contributed by atoms with Gasteiger partial charge in [0, 0.05) is 37.5 Å². The van der Waals surface area contributed by atoms with Crippen LogP contribution in [-0.4, -0.2) is 72.9 Å². The van der Waals surface area contributed by atoms with Crippen LogP contribution in [0.25, 0.3) is 0 Å². The Balaban J connectivity index is 1.37. The van der Waals surface area contributed by atoms with Crippen molar-refractivity contribution in [2.75, 3.05) is 39.5 Å². The smallest absolute Gasteiger partial charge is 0.253 e. The summed E-state index contributed by atoms with van der Waals surface area (Å²) in [6.07, 6.45) is 7.53. The minimum Gasteiger partial charge on any atom is -0.379 e. The first-order valence-corrected chi connectivity index (χ1v) is 8.32. The topological polar surface area (TPSA) is 93.2 Å². The molecule has 0 aromatic carbocycles. The molecule has 0 spiro atoms. The molecule has 136 valence electrons. The molecule has 0 N–H and O–H groups in total. The number of amides is 4. The van der Waals surface area contributed by atoms with Crippen molar-refractivity contribution in [3.8, 4) is 0 Å². The minimum atomic E-state index is -0.307. The van der Waals surface area contributed by atoms with Gasteiger partial charge in [0.25, 0.3) is 23.6 Å². The Morgan fingerprint density at radius 1 is 0.560 bits per heavy atom. The average molecular weight is 350 g/mol. The maximum absolute atomic E-state index is 11.3. The van der Waals surface area contributed by atoms with Gasteiger partial charge in [-0.15, -0.1) is 0 Å². The van der Waals surface area contributed by atoms with Gasteiger partial charge in [-0.25, -0.2) is 0 Å². The van der Waals surface area contributed by atoms with Gasteiger partial charge in [-0.3, -0.25) is 29.0 Å². The minimum absolute atomic E-state index is 0.244. The highest BCUT2D eigenvalue weighted by atomic mass is 16.5. The van der Waals surface area contributed by atoms with Gasteiger partial charge >= 0.3 is 0 Å². The van der Waals surface area contributed by atoms with E-state index >= 15 is 0 Å². The molecule has 0 atom stereocenters. The third kappa shape index (κ3) is 5.91. The molecule has 2 heterocycles. The highest BCUT2D eigenvalue weighted by Crippen LogP contribution is 2.06. The van der Waals surface area contributed by atoms with Crippen molar-refractivity contribution in [2.24, 2.45) is 0 Å². The largest absolute Gasteiger partial charge is 0.379 e. The van der Waals surface area contributed by atoms with E-state index in [4.69, 9.17) is 9.47 Å². The third-order valence-corrected chi connectivity index (χ3v) is 3.80. The van der Waals surface area contributed by atoms with Crippen molar-refractivity contribution in [1.82, 2.24) is 9.80 Å². The lowest BCUT2D eigenvalue weighted by Crippen LogP contribution is -2.33. The molecule has 0 fully saturated rings. The van der Waals surface area contributed by atoms with Crippen LogP contribution in [0, 0.1) is 0 Å². The van der Waals surface area contributed by atoms with Gasteiger partial charge in [0.2, 0.25) is 0 Å². The number of imide groups is 2. The van der Waals surface area contributed by atoms with Crippen molar-refractivity contribution in [3.63, 3.8) is 0 Å². The Labute approximate surface area is 146 Å². The zero-order chi connectivity index (χ0) is 18.1. The van der Waals surface area contributed by atoms with Crippen LogP contribution in [0.4, 0.5) is 0 Å². The van der Waals surface area contributed by atoms with E-state index in [-0.39, 0.29) is 36.8 Å². The summed E-state index contributed by atoms with van der Waals surface area (Å²) in [5.41, 5.74) is 0. The molecular weight excluding hydrogens is 328 g/mol. The molecule has 8 nitrogen and oxygen atoms in total. The molecule has 8 heteroatoms. The molecule has 0 aliphatic carbocycles. The normalized spacial score (nSPS) is 16.8. The summed E-state index contributed by atoms with van der Waals surface area (Å²) in [6.45, 7) is 2.38. The quantitative estimate of drug-likeness (QED) is 0.364. The van der Waals surface area contributed by atoms with E-state index in [1.165, 1.54) is 29.2 Å². The molecule has 0 unspecified atom stereocenters. The Kier molecular flexibility index (Phi) is 7.49. The van der Waals surface area contributed by atoms with E-state index in [0.717, 1.165) is 24.2 Å². The molecule has 2 aliphatic rings. The molecule has 0 saturated carbocycles. The summed E-state index contributed by atoms with van der Waals surface area (Å²) < 4.78 is 10.7. The fourth-order valence-corrected chi connectivity index (χ4v) is 2.43. The Morgan fingerprint density at radius 2 is 1.04 bits per heavy atom. The highest BCUT2D eigenvalue weighted by molar-refractivity contribution is 6.13. The fraction of sp³-hybridized carbons (Fsp3) is 0.529. The molecule has 0 saturated heterocycles. The SMILES string of the molecule is O=C1C=CC(=O)N1CCCCCOCCOCCN1C(=O)C=CC1=O. The molecule has 4 amide bonds. The second-order valence-corrected chi connectivity index (χ2v) is 5.61. The predicted molar refractivity (Wildman–Crippen MR) is 87.2 cm³/mol. The van der Waals surface area contributed by atoms with Gasteiger partial charge in [0.15, 0.2) is 0 Å². The number of hydrogen-bond acceptors (Lipinski definition) is 6. The zero-order valence-corrected chi connectivity index (χ0v) is 14.0. The summed E-state index contributed by atoms with van der Waals surface area (Å²) in [7, 11) is 0. The number of nitrogens with zero attached hydrogens (tertiary/aromatic N) is 2. The zero-order valence-electron chi connectivity index (χ0n) is 14.0. The van der Waals surface area contributed by atoms with Gasteiger partial charge in [0.1, 0.15) is 0 Å². The summed E-state index contributed by atoms with van der Waals surface area (Å²) in [5.74, 6) is -1.10. The van der Waals surface area contributed by atoms with Crippen molar-refractivity contribution in [3.05, 3.63) is 24.3 Å². The standard InChI is InChI=1S/C17H22N2O6/c20-14-4-5-15(21)18(14)8-2-1-3-10-24-12-13-25-11-9-19-16(22)6-7-17(19)23/h4-7H,1-3,8-13H2. The van der Waals surface area contributed by atoms with Crippen molar-refractivity contribution in [2.45, 2.75) is 19.3 Å². The first kappa shape index (κ1) is 19.0. The lowest BCUT2D eigenvalue weighted by Gasteiger charge is -2.14. The first-order chi connectivity index (χ1) is 12.1. The van der Waals surface area contributed by atoms with Gasteiger partial charge < -0.3 is 9.47 Å². The van der Waals surface area contributed by atoms with Gasteiger partial charge in [-0.2, -0.15) is 0 Å². The van der Waals surface area contributed by atoms with E-state index in [9.17, 15) is 19.2 Å². The second-order valence-electron chi connectivity index (χ2n) is 5.61. The van der Waals surface area contributed by atoms with Crippen LogP contribution in [0.1, 0.15) is 19.3 Å². The van der Waals surface area contributed by atoms with Crippen LogP contribution in [-0.2, 0) is 28.7 Å². The number of carbonyl (C=O) groups is 4. The Bertz CT molecular complexity index is 498. The van der Waals surface area contributed by atoms with Gasteiger partial charge in [-0.05, 0) is 19.3 Å². The first-order valence-electron chi connectivity index (χ1n) is 8.32. The van der Waals surface area contributed by atoms with Crippen LogP contribution >= 0.6 is 0 Å². The molecule has 25 heavy (non-hydrogen) atoms. The molecular formula is C17H22N2O6. The Morgan fingerprint density at radius 3 is 1.60 bits per heavy atom. The number of ether oxygens (including phenoxy) is 2. The summed E-state index contributed by atoms with van der Waals surface area (Å²) in [6, 6.07) is 0. The number of unbranched alkanes of at least 4 members (excludes halogenated alkanes) is 2. The van der Waals surface area contributed by atoms with Crippen LogP contribution in [0.5, 0.6) is 0 Å². The van der Waals surface area contributed by atoms with Crippen molar-refractivity contribution in [1.29, 1.82) is 0 Å². The lowest BCUT2D eigenvalue weighted by molar-refractivity contribution is -0.138. The van der Waals surface area contributed by atoms with E-state index in [0.29, 0.717) is 26.4 Å². The van der Waals surface area contributed by atoms with Crippen LogP contribution in [0.2, 0.25) is 0 Å². The molecule has 0 aromatic rings. The number of carbonyl (C=O) groups excluding carboxylic acids is 4. The summed E-state index contributed by atoms with van der Waals surface area (Å²) in [4.78, 5) is 47.6. The second kappa shape index (κ2) is 9.85. The molecule has 0 bridgehead atoms. The van der Waals surface area contributed by atoms with Crippen molar-refractivity contribution < 1.29 is 28.7 Å². The fourth-order valence-electron chi connectivity index (χ4n) is 2.43. The average Bonchev–Trinajstić information content (AvgIpc) is 3.08. The van der Waals surface area contributed by atoms with Gasteiger partial charge in [0.05, 0.1) is 26.4 Å². The highest BCUT2D eigenvalue weighted by Gasteiger charge is 2.23. The van der Waals surface area contributed by atoms with E-state index in [1.807, 2.05) is 0 Å². The molecule has 2 aliphatic heterocycles. The molecule has 2 rings (SSSR count). The van der Waals surface area contributed by atoms with Crippen LogP contribution in [0.3, 0.4) is 0 Å². The number of rotatable bonds is 12. The van der Waals surface area contributed by atoms with E-state index < -0.39 is 0 Å². The lowest BCUT2D eigenvalue weighted by atomic mass is 10.2. The number of hydrogen-bond donors (Lipinski definition) is 0. The predicted octanol–water partition coefficient (Wildman–Crippen LogP) is 0.0399. The monoisotopic (exact) mass is 350 g/mol. The third-order valence-electron chi connectivity index (χ3n) is 3.80. The summed E-state index contributed by atoms with van der Waals surface area (Å²) in [5, 5.41) is 0. The van der Waals surface area contributed by atoms with E-state index in [1.54, 1.807) is 0 Å². The Hall–Kier alpha value is -2.32. The van der Waals surface area contributed by atoms with E-state index in [2.05, 4.69) is 0 Å². The van der Waals surface area contributed by atoms with Gasteiger partial charge in [-0.1, -0.05) is 0 Å². The summed E-state index contributed by atoms with van der Waals surface area (Å²) >= 11 is 0. The molecule has 0 radical (unpaired) electrons. The molecule has 0 aromatic heterocycles.